The summed E-state index contributed by atoms with van der Waals surface area (Å²) in [5.74, 6) is 0. The minimum atomic E-state index is 0.655. The third kappa shape index (κ3) is 2.76. The van der Waals surface area contributed by atoms with Gasteiger partial charge in [-0.25, -0.2) is 0 Å². The predicted molar refractivity (Wildman–Crippen MR) is 68.3 cm³/mol. The van der Waals surface area contributed by atoms with Crippen LogP contribution in [-0.2, 0) is 0 Å². The first-order valence-electron chi connectivity index (χ1n) is 5.33. The van der Waals surface area contributed by atoms with Crippen LogP contribution in [0.1, 0.15) is 12.8 Å². The Labute approximate surface area is 95.4 Å². The van der Waals surface area contributed by atoms with E-state index in [1.165, 1.54) is 0 Å². The molecular formula is C14H14N2. The molecule has 0 saturated heterocycles. The van der Waals surface area contributed by atoms with Gasteiger partial charge < -0.3 is 10.8 Å². The van der Waals surface area contributed by atoms with Gasteiger partial charge in [0.2, 0.25) is 0 Å². The Bertz CT molecular complexity index is 427. The molecule has 0 saturated carbocycles. The van der Waals surface area contributed by atoms with Crippen molar-refractivity contribution < 1.29 is 0 Å². The zero-order valence-corrected chi connectivity index (χ0v) is 9.03. The Kier molecular flexibility index (Phi) is 3.10. The maximum absolute atomic E-state index is 7.43. The highest BCUT2D eigenvalue weighted by atomic mass is 14.4. The van der Waals surface area contributed by atoms with Crippen LogP contribution >= 0.6 is 0 Å². The molecule has 0 unspecified atom stereocenters. The number of hydrogen-bond donors (Lipinski definition) is 2. The summed E-state index contributed by atoms with van der Waals surface area (Å²) in [6, 6.07) is 0. The van der Waals surface area contributed by atoms with Crippen molar-refractivity contribution in [1.29, 1.82) is 10.8 Å². The van der Waals surface area contributed by atoms with Crippen molar-refractivity contribution in [2.75, 3.05) is 0 Å². The molecule has 2 nitrogen and oxygen atoms in total. The Morgan fingerprint density at radius 2 is 1.19 bits per heavy atom. The van der Waals surface area contributed by atoms with Crippen LogP contribution in [0, 0.1) is 10.8 Å². The standard InChI is InChI=1S/C14H14N2/c15-13-7-3-11(4-8-13)1-2-12-5-9-14(16)10-6-12/h1-7,9,15-16H,8,10H2. The molecular weight excluding hydrogens is 196 g/mol. The van der Waals surface area contributed by atoms with Crippen LogP contribution in [0.15, 0.2) is 59.8 Å². The fourth-order valence-corrected chi connectivity index (χ4v) is 1.56. The van der Waals surface area contributed by atoms with Crippen molar-refractivity contribution in [3.63, 3.8) is 0 Å². The fourth-order valence-electron chi connectivity index (χ4n) is 1.56. The van der Waals surface area contributed by atoms with E-state index in [1.807, 2.05) is 48.6 Å². The first kappa shape index (κ1) is 10.6. The van der Waals surface area contributed by atoms with Crippen molar-refractivity contribution in [3.8, 4) is 0 Å². The Balaban J connectivity index is 2.01. The first-order chi connectivity index (χ1) is 7.74. The topological polar surface area (TPSA) is 47.7 Å². The van der Waals surface area contributed by atoms with E-state index in [2.05, 4.69) is 0 Å². The lowest BCUT2D eigenvalue weighted by Gasteiger charge is -2.04. The van der Waals surface area contributed by atoms with Crippen LogP contribution in [-0.4, -0.2) is 11.4 Å². The van der Waals surface area contributed by atoms with Crippen LogP contribution < -0.4 is 0 Å². The molecule has 0 radical (unpaired) electrons. The lowest BCUT2D eigenvalue weighted by molar-refractivity contribution is 1.33. The third-order valence-electron chi connectivity index (χ3n) is 2.54. The molecule has 2 heteroatoms. The van der Waals surface area contributed by atoms with E-state index in [9.17, 15) is 0 Å². The minimum Gasteiger partial charge on any atom is -0.305 e. The monoisotopic (exact) mass is 210 g/mol. The van der Waals surface area contributed by atoms with Crippen LogP contribution in [0.4, 0.5) is 0 Å². The maximum Gasteiger partial charge on any atom is 0.0352 e. The molecule has 2 aliphatic rings. The van der Waals surface area contributed by atoms with Crippen LogP contribution in [0.2, 0.25) is 0 Å². The van der Waals surface area contributed by atoms with E-state index in [-0.39, 0.29) is 0 Å². The average molecular weight is 210 g/mol. The molecule has 0 atom stereocenters. The van der Waals surface area contributed by atoms with E-state index in [4.69, 9.17) is 10.8 Å². The molecule has 0 amide bonds. The van der Waals surface area contributed by atoms with Crippen LogP contribution in [0.5, 0.6) is 0 Å². The second-order valence-electron chi connectivity index (χ2n) is 3.87. The predicted octanol–water partition coefficient (Wildman–Crippen LogP) is 3.35. The van der Waals surface area contributed by atoms with Crippen molar-refractivity contribution in [3.05, 3.63) is 59.8 Å². The van der Waals surface area contributed by atoms with E-state index >= 15 is 0 Å². The molecule has 80 valence electrons. The molecule has 0 aromatic carbocycles. The highest BCUT2D eigenvalue weighted by Crippen LogP contribution is 2.13. The zero-order valence-electron chi connectivity index (χ0n) is 9.03. The molecule has 0 aromatic rings. The molecule has 0 bridgehead atoms. The summed E-state index contributed by atoms with van der Waals surface area (Å²) in [6.07, 6.45) is 17.2. The lowest BCUT2D eigenvalue weighted by atomic mass is 10.0. The number of nitrogens with one attached hydrogen (secondary N) is 2. The minimum absolute atomic E-state index is 0.655. The molecule has 2 N–H and O–H groups in total. The summed E-state index contributed by atoms with van der Waals surface area (Å²) in [7, 11) is 0. The van der Waals surface area contributed by atoms with E-state index in [0.29, 0.717) is 11.4 Å². The molecule has 0 aromatic heterocycles. The van der Waals surface area contributed by atoms with Gasteiger partial charge in [0.05, 0.1) is 0 Å². The second-order valence-corrected chi connectivity index (χ2v) is 3.87. The summed E-state index contributed by atoms with van der Waals surface area (Å²) < 4.78 is 0. The molecule has 2 rings (SSSR count). The van der Waals surface area contributed by atoms with Gasteiger partial charge in [0.25, 0.3) is 0 Å². The number of hydrogen-bond acceptors (Lipinski definition) is 2. The smallest absolute Gasteiger partial charge is 0.0352 e. The summed E-state index contributed by atoms with van der Waals surface area (Å²) in [5, 5.41) is 14.9. The van der Waals surface area contributed by atoms with Gasteiger partial charge in [-0.3, -0.25) is 0 Å². The van der Waals surface area contributed by atoms with E-state index in [1.54, 1.807) is 0 Å². The highest BCUT2D eigenvalue weighted by Gasteiger charge is 1.99. The fraction of sp³-hybridized carbons (Fsp3) is 0.143. The SMILES string of the molecule is N=C1C=CC(C=CC2=CCC(=N)C=C2)=CC1. The largest absolute Gasteiger partial charge is 0.305 e. The second kappa shape index (κ2) is 4.71. The highest BCUT2D eigenvalue weighted by molar-refractivity contribution is 5.95. The van der Waals surface area contributed by atoms with Gasteiger partial charge in [0.1, 0.15) is 0 Å². The van der Waals surface area contributed by atoms with E-state index in [0.717, 1.165) is 24.0 Å². The normalized spacial score (nSPS) is 20.2. The molecule has 0 spiro atoms. The molecule has 16 heavy (non-hydrogen) atoms. The third-order valence-corrected chi connectivity index (χ3v) is 2.54. The molecule has 0 heterocycles. The van der Waals surface area contributed by atoms with Gasteiger partial charge in [0.15, 0.2) is 0 Å². The summed E-state index contributed by atoms with van der Waals surface area (Å²) in [6.45, 7) is 0. The molecule has 0 aliphatic heterocycles. The Hall–Kier alpha value is -1.96. The summed E-state index contributed by atoms with van der Waals surface area (Å²) in [4.78, 5) is 0. The average Bonchev–Trinajstić information content (AvgIpc) is 2.30. The maximum atomic E-state index is 7.43. The summed E-state index contributed by atoms with van der Waals surface area (Å²) >= 11 is 0. The van der Waals surface area contributed by atoms with Crippen LogP contribution in [0.3, 0.4) is 0 Å². The number of rotatable bonds is 2. The quantitative estimate of drug-likeness (QED) is 0.702. The molecule has 0 fully saturated rings. The summed E-state index contributed by atoms with van der Waals surface area (Å²) in [5.41, 5.74) is 3.60. The Morgan fingerprint density at radius 1 is 0.750 bits per heavy atom. The lowest BCUT2D eigenvalue weighted by Crippen LogP contribution is -1.95. The zero-order chi connectivity index (χ0) is 11.4. The van der Waals surface area contributed by atoms with Gasteiger partial charge in [-0.2, -0.15) is 0 Å². The van der Waals surface area contributed by atoms with Crippen molar-refractivity contribution in [1.82, 2.24) is 0 Å². The van der Waals surface area contributed by atoms with Crippen molar-refractivity contribution in [2.24, 2.45) is 0 Å². The van der Waals surface area contributed by atoms with E-state index < -0.39 is 0 Å². The van der Waals surface area contributed by atoms with Gasteiger partial charge in [-0.05, 0) is 23.3 Å². The van der Waals surface area contributed by atoms with Gasteiger partial charge in [-0.15, -0.1) is 0 Å². The van der Waals surface area contributed by atoms with Crippen molar-refractivity contribution in [2.45, 2.75) is 12.8 Å². The molecule has 2 aliphatic carbocycles. The van der Waals surface area contributed by atoms with Gasteiger partial charge >= 0.3 is 0 Å². The van der Waals surface area contributed by atoms with Gasteiger partial charge in [-0.1, -0.05) is 36.5 Å². The van der Waals surface area contributed by atoms with Crippen molar-refractivity contribution >= 4 is 11.4 Å². The van der Waals surface area contributed by atoms with Gasteiger partial charge in [0, 0.05) is 24.3 Å². The first-order valence-corrected chi connectivity index (χ1v) is 5.33. The van der Waals surface area contributed by atoms with Crippen LogP contribution in [0.25, 0.3) is 0 Å². The Morgan fingerprint density at radius 3 is 1.50 bits per heavy atom. The number of allylic oxidation sites excluding steroid dienone is 10.